The highest BCUT2D eigenvalue weighted by Crippen LogP contribution is 2.29. The summed E-state index contributed by atoms with van der Waals surface area (Å²) in [6.07, 6.45) is 4.26. The van der Waals surface area contributed by atoms with E-state index in [-0.39, 0.29) is 5.91 Å². The Balaban J connectivity index is 1.25. The second-order valence-electron chi connectivity index (χ2n) is 7.99. The molecule has 31 heavy (non-hydrogen) atoms. The van der Waals surface area contributed by atoms with Crippen LogP contribution in [0.15, 0.2) is 42.6 Å². The zero-order valence-corrected chi connectivity index (χ0v) is 18.5. The van der Waals surface area contributed by atoms with Crippen molar-refractivity contribution in [3.8, 4) is 10.6 Å². The van der Waals surface area contributed by atoms with Gasteiger partial charge in [-0.25, -0.2) is 9.97 Å². The number of rotatable bonds is 4. The third-order valence-electron chi connectivity index (χ3n) is 5.92. The van der Waals surface area contributed by atoms with Gasteiger partial charge in [0.15, 0.2) is 0 Å². The number of anilines is 2. The lowest BCUT2D eigenvalue weighted by atomic mass is 10.2. The summed E-state index contributed by atoms with van der Waals surface area (Å²) in [7, 11) is 0. The molecule has 0 radical (unpaired) electrons. The Morgan fingerprint density at radius 3 is 2.39 bits per heavy atom. The molecule has 1 aromatic carbocycles. The molecule has 0 unspecified atom stereocenters. The molecule has 3 aromatic rings. The maximum absolute atomic E-state index is 13.2. The number of carbonyl (C=O) groups is 1. The normalized spacial score (nSPS) is 16.7. The Labute approximate surface area is 186 Å². The lowest BCUT2D eigenvalue weighted by molar-refractivity contribution is 0.0750. The van der Waals surface area contributed by atoms with Crippen LogP contribution in [0.3, 0.4) is 0 Å². The SMILES string of the molecule is Cc1nc(-c2ccccc2)sc1C(=O)N1CCN(c2ccnc(N3CCCC3)n2)CC1. The molecule has 0 aliphatic carbocycles. The maximum Gasteiger partial charge on any atom is 0.265 e. The number of amides is 1. The third kappa shape index (κ3) is 4.12. The van der Waals surface area contributed by atoms with Crippen LogP contribution < -0.4 is 9.80 Å². The minimum atomic E-state index is 0.0808. The minimum Gasteiger partial charge on any atom is -0.353 e. The summed E-state index contributed by atoms with van der Waals surface area (Å²) in [4.78, 5) is 34.2. The molecular weight excluding hydrogens is 408 g/mol. The van der Waals surface area contributed by atoms with E-state index in [0.29, 0.717) is 13.1 Å². The van der Waals surface area contributed by atoms with Crippen LogP contribution in [0.25, 0.3) is 10.6 Å². The largest absolute Gasteiger partial charge is 0.353 e. The molecule has 160 valence electrons. The molecule has 7 nitrogen and oxygen atoms in total. The van der Waals surface area contributed by atoms with E-state index in [9.17, 15) is 4.79 Å². The van der Waals surface area contributed by atoms with Gasteiger partial charge in [0.2, 0.25) is 5.95 Å². The van der Waals surface area contributed by atoms with E-state index in [1.54, 1.807) is 0 Å². The number of hydrogen-bond acceptors (Lipinski definition) is 7. The second-order valence-corrected chi connectivity index (χ2v) is 8.99. The van der Waals surface area contributed by atoms with E-state index < -0.39 is 0 Å². The van der Waals surface area contributed by atoms with E-state index in [1.807, 2.05) is 54.4 Å². The van der Waals surface area contributed by atoms with Crippen molar-refractivity contribution in [2.24, 2.45) is 0 Å². The summed E-state index contributed by atoms with van der Waals surface area (Å²) >= 11 is 1.49. The number of thiazole rings is 1. The van der Waals surface area contributed by atoms with Gasteiger partial charge in [0.05, 0.1) is 5.69 Å². The van der Waals surface area contributed by atoms with Crippen LogP contribution in [0.5, 0.6) is 0 Å². The van der Waals surface area contributed by atoms with Crippen molar-refractivity contribution >= 4 is 29.0 Å². The summed E-state index contributed by atoms with van der Waals surface area (Å²) in [5, 5.41) is 0.899. The molecule has 2 aromatic heterocycles. The Hall–Kier alpha value is -3.00. The zero-order valence-electron chi connectivity index (χ0n) is 17.7. The number of aryl methyl sites for hydroxylation is 1. The second kappa shape index (κ2) is 8.63. The fourth-order valence-corrected chi connectivity index (χ4v) is 5.21. The first kappa shape index (κ1) is 19.9. The van der Waals surface area contributed by atoms with Crippen LogP contribution >= 0.6 is 11.3 Å². The van der Waals surface area contributed by atoms with Crippen LogP contribution in [0, 0.1) is 6.92 Å². The molecular formula is C23H26N6OS. The summed E-state index contributed by atoms with van der Waals surface area (Å²) in [6.45, 7) is 6.89. The van der Waals surface area contributed by atoms with Gasteiger partial charge in [0, 0.05) is 51.0 Å². The number of hydrogen-bond donors (Lipinski definition) is 0. The molecule has 8 heteroatoms. The smallest absolute Gasteiger partial charge is 0.265 e. The highest BCUT2D eigenvalue weighted by molar-refractivity contribution is 7.17. The molecule has 5 rings (SSSR count). The fourth-order valence-electron chi connectivity index (χ4n) is 4.17. The van der Waals surface area contributed by atoms with Crippen molar-refractivity contribution in [3.63, 3.8) is 0 Å². The van der Waals surface area contributed by atoms with Gasteiger partial charge in [-0.3, -0.25) is 4.79 Å². The van der Waals surface area contributed by atoms with Gasteiger partial charge in [-0.2, -0.15) is 4.98 Å². The van der Waals surface area contributed by atoms with E-state index in [2.05, 4.69) is 19.8 Å². The molecule has 1 amide bonds. The Bertz CT molecular complexity index is 1050. The number of carbonyl (C=O) groups excluding carboxylic acids is 1. The van der Waals surface area contributed by atoms with Crippen LogP contribution in [0.2, 0.25) is 0 Å². The molecule has 2 aliphatic heterocycles. The monoisotopic (exact) mass is 434 g/mol. The zero-order chi connectivity index (χ0) is 21.2. The van der Waals surface area contributed by atoms with Gasteiger partial charge in [-0.1, -0.05) is 30.3 Å². The van der Waals surface area contributed by atoms with Crippen molar-refractivity contribution in [1.82, 2.24) is 19.9 Å². The number of nitrogens with zero attached hydrogens (tertiary/aromatic N) is 6. The molecule has 2 saturated heterocycles. The highest BCUT2D eigenvalue weighted by Gasteiger charge is 2.26. The predicted octanol–water partition coefficient (Wildman–Crippen LogP) is 3.47. The Kier molecular flexibility index (Phi) is 5.55. The number of piperazine rings is 1. The molecule has 0 N–H and O–H groups in total. The van der Waals surface area contributed by atoms with Crippen LogP contribution in [-0.2, 0) is 0 Å². The topological polar surface area (TPSA) is 65.5 Å². The van der Waals surface area contributed by atoms with E-state index in [4.69, 9.17) is 4.98 Å². The molecule has 4 heterocycles. The average Bonchev–Trinajstić information content (AvgIpc) is 3.50. The first-order valence-corrected chi connectivity index (χ1v) is 11.7. The summed E-state index contributed by atoms with van der Waals surface area (Å²) < 4.78 is 0. The Morgan fingerprint density at radius 2 is 1.65 bits per heavy atom. The minimum absolute atomic E-state index is 0.0808. The summed E-state index contributed by atoms with van der Waals surface area (Å²) in [6, 6.07) is 12.0. The number of aromatic nitrogens is 3. The molecule has 0 saturated carbocycles. The first-order chi connectivity index (χ1) is 15.2. The molecule has 0 bridgehead atoms. The lowest BCUT2D eigenvalue weighted by Gasteiger charge is -2.35. The highest BCUT2D eigenvalue weighted by atomic mass is 32.1. The summed E-state index contributed by atoms with van der Waals surface area (Å²) in [5.74, 6) is 1.85. The van der Waals surface area contributed by atoms with Gasteiger partial charge in [0.25, 0.3) is 5.91 Å². The predicted molar refractivity (Wildman–Crippen MR) is 124 cm³/mol. The van der Waals surface area contributed by atoms with Crippen LogP contribution in [0.4, 0.5) is 11.8 Å². The Morgan fingerprint density at radius 1 is 0.903 bits per heavy atom. The molecule has 2 fully saturated rings. The van der Waals surface area contributed by atoms with Crippen molar-refractivity contribution < 1.29 is 4.79 Å². The van der Waals surface area contributed by atoms with Crippen LogP contribution in [0.1, 0.15) is 28.2 Å². The molecule has 0 atom stereocenters. The van der Waals surface area contributed by atoms with Crippen molar-refractivity contribution in [2.75, 3.05) is 49.1 Å². The van der Waals surface area contributed by atoms with Gasteiger partial charge >= 0.3 is 0 Å². The van der Waals surface area contributed by atoms with Gasteiger partial charge < -0.3 is 14.7 Å². The quantitative estimate of drug-likeness (QED) is 0.627. The number of benzene rings is 1. The maximum atomic E-state index is 13.2. The standard InChI is InChI=1S/C23H26N6OS/c1-17-20(31-21(25-17)18-7-3-2-4-8-18)22(30)28-15-13-27(14-16-28)19-9-10-24-23(26-19)29-11-5-6-12-29/h2-4,7-10H,5-6,11-16H2,1H3. The lowest BCUT2D eigenvalue weighted by Crippen LogP contribution is -2.49. The third-order valence-corrected chi connectivity index (χ3v) is 7.11. The molecule has 2 aliphatic rings. The van der Waals surface area contributed by atoms with E-state index >= 15 is 0 Å². The van der Waals surface area contributed by atoms with Gasteiger partial charge in [0.1, 0.15) is 15.7 Å². The first-order valence-electron chi connectivity index (χ1n) is 10.8. The summed E-state index contributed by atoms with van der Waals surface area (Å²) in [5.41, 5.74) is 1.86. The van der Waals surface area contributed by atoms with Crippen molar-refractivity contribution in [1.29, 1.82) is 0 Å². The van der Waals surface area contributed by atoms with Crippen LogP contribution in [-0.4, -0.2) is 65.0 Å². The van der Waals surface area contributed by atoms with Crippen molar-refractivity contribution in [2.45, 2.75) is 19.8 Å². The molecule has 0 spiro atoms. The average molecular weight is 435 g/mol. The van der Waals surface area contributed by atoms with Gasteiger partial charge in [-0.05, 0) is 25.8 Å². The van der Waals surface area contributed by atoms with Crippen molar-refractivity contribution in [3.05, 3.63) is 53.2 Å². The van der Waals surface area contributed by atoms with E-state index in [1.165, 1.54) is 24.2 Å². The fraction of sp³-hybridized carbons (Fsp3) is 0.391. The van der Waals surface area contributed by atoms with E-state index in [0.717, 1.165) is 59.1 Å². The van der Waals surface area contributed by atoms with Gasteiger partial charge in [-0.15, -0.1) is 11.3 Å².